The molecule has 0 aromatic heterocycles. The number of aryl methyl sites for hydroxylation is 6. The van der Waals surface area contributed by atoms with Gasteiger partial charge in [0, 0.05) is 33.6 Å². The summed E-state index contributed by atoms with van der Waals surface area (Å²) >= 11 is 0. The van der Waals surface area contributed by atoms with Gasteiger partial charge in [0.25, 0.3) is 0 Å². The van der Waals surface area contributed by atoms with E-state index in [0.717, 1.165) is 72.8 Å². The molecule has 67 heavy (non-hydrogen) atoms. The van der Waals surface area contributed by atoms with Crippen LogP contribution in [-0.4, -0.2) is 0 Å². The van der Waals surface area contributed by atoms with E-state index < -0.39 is 18.0 Å². The van der Waals surface area contributed by atoms with Crippen LogP contribution < -0.4 is 40.1 Å². The minimum Gasteiger partial charge on any atom is -0.453 e. The summed E-state index contributed by atoms with van der Waals surface area (Å²) in [6.07, 6.45) is 0. The van der Waals surface area contributed by atoms with Crippen molar-refractivity contribution in [1.82, 2.24) is 0 Å². The van der Waals surface area contributed by atoms with E-state index in [1.54, 1.807) is 0 Å². The first-order valence-corrected chi connectivity index (χ1v) is 25.1. The molecule has 0 saturated heterocycles. The van der Waals surface area contributed by atoms with Crippen molar-refractivity contribution in [2.45, 2.75) is 80.1 Å². The van der Waals surface area contributed by atoms with Gasteiger partial charge in [-0.05, 0) is 142 Å². The minimum absolute atomic E-state index is 0.499. The van der Waals surface area contributed by atoms with E-state index in [-0.39, 0.29) is 0 Å². The first-order valence-electron chi connectivity index (χ1n) is 23.4. The van der Waals surface area contributed by atoms with Gasteiger partial charge < -0.3 is 28.7 Å². The van der Waals surface area contributed by atoms with Gasteiger partial charge in [-0.2, -0.15) is 0 Å². The number of rotatable bonds is 6. The molecule has 0 N–H and O–H groups in total. The van der Waals surface area contributed by atoms with Crippen molar-refractivity contribution in [3.8, 4) is 23.0 Å². The third-order valence-electron chi connectivity index (χ3n) is 15.2. The van der Waals surface area contributed by atoms with Gasteiger partial charge in [0.1, 0.15) is 16.8 Å². The maximum atomic E-state index is 18.2. The highest BCUT2D eigenvalue weighted by Crippen LogP contribution is 2.73. The lowest BCUT2D eigenvalue weighted by Gasteiger charge is -2.55. The molecule has 0 saturated carbocycles. The molecule has 0 bridgehead atoms. The van der Waals surface area contributed by atoms with Crippen molar-refractivity contribution in [3.05, 3.63) is 189 Å². The van der Waals surface area contributed by atoms with Crippen molar-refractivity contribution in [1.29, 1.82) is 0 Å². The maximum absolute atomic E-state index is 18.2. The van der Waals surface area contributed by atoms with E-state index in [0.29, 0.717) is 28.3 Å². The molecule has 13 rings (SSSR count). The fourth-order valence-electron chi connectivity index (χ4n) is 11.7. The Kier molecular flexibility index (Phi) is 8.01. The Balaban J connectivity index is 1.23. The number of anilines is 9. The molecular weight excluding hydrogens is 842 g/mol. The van der Waals surface area contributed by atoms with Crippen LogP contribution in [0.25, 0.3) is 0 Å². The standard InChI is InChI=1S/C60H52N3O3P/c1-33-11-19-39(20-12-33)61(40-21-13-34(2)14-22-40)47-31-45-52-57-54(47)65-49-29-38(6)30-50-56(49)67(57,64)58-53-46(60(9,10)44-28-37(5)27-43(59(45,7)8)51(44)63(52)53)32-48(55(58)66-50)62(41-23-15-35(3)16-24-41)42-25-17-36(4)18-26-42/h11-32H,1-10H3. The Morgan fingerprint density at radius 1 is 0.403 bits per heavy atom. The second-order valence-electron chi connectivity index (χ2n) is 20.7. The molecule has 5 aliphatic heterocycles. The summed E-state index contributed by atoms with van der Waals surface area (Å²) < 4.78 is 33.0. The van der Waals surface area contributed by atoms with Crippen molar-refractivity contribution >= 4 is 74.2 Å². The Bertz CT molecular complexity index is 3240. The molecule has 330 valence electrons. The van der Waals surface area contributed by atoms with Crippen LogP contribution in [-0.2, 0) is 15.4 Å². The van der Waals surface area contributed by atoms with Crippen LogP contribution in [0.5, 0.6) is 23.0 Å². The summed E-state index contributed by atoms with van der Waals surface area (Å²) in [5.41, 5.74) is 19.3. The number of hydrogen-bond donors (Lipinski definition) is 0. The fourth-order valence-corrected chi connectivity index (χ4v) is 15.2. The lowest BCUT2D eigenvalue weighted by molar-refractivity contribution is 0.460. The lowest BCUT2D eigenvalue weighted by atomic mass is 9.65. The number of benzene rings is 8. The Labute approximate surface area is 393 Å². The van der Waals surface area contributed by atoms with Crippen molar-refractivity contribution in [3.63, 3.8) is 0 Å². The zero-order chi connectivity index (χ0) is 46.2. The molecule has 8 aromatic rings. The normalized spacial score (nSPS) is 15.9. The van der Waals surface area contributed by atoms with Crippen LogP contribution in [0.2, 0.25) is 0 Å². The van der Waals surface area contributed by atoms with Gasteiger partial charge in [-0.3, -0.25) is 0 Å². The molecule has 0 radical (unpaired) electrons. The summed E-state index contributed by atoms with van der Waals surface area (Å²) in [7, 11) is -3.86. The van der Waals surface area contributed by atoms with E-state index in [9.17, 15) is 0 Å². The number of ether oxygens (including phenoxy) is 2. The lowest BCUT2D eigenvalue weighted by Crippen LogP contribution is -2.50. The second kappa shape index (κ2) is 13.3. The highest BCUT2D eigenvalue weighted by Gasteiger charge is 2.61. The Hall–Kier alpha value is -7.01. The largest absolute Gasteiger partial charge is 0.453 e. The van der Waals surface area contributed by atoms with E-state index in [1.165, 1.54) is 44.6 Å². The van der Waals surface area contributed by atoms with Gasteiger partial charge in [-0.1, -0.05) is 116 Å². The van der Waals surface area contributed by atoms with E-state index in [4.69, 9.17) is 9.47 Å². The predicted molar refractivity (Wildman–Crippen MR) is 276 cm³/mol. The molecule has 5 heterocycles. The predicted octanol–water partition coefficient (Wildman–Crippen LogP) is 15.4. The highest BCUT2D eigenvalue weighted by atomic mass is 31.2. The number of nitrogens with zero attached hydrogens (tertiary/aromatic N) is 3. The van der Waals surface area contributed by atoms with Gasteiger partial charge in [0.2, 0.25) is 0 Å². The van der Waals surface area contributed by atoms with E-state index >= 15 is 4.57 Å². The molecule has 0 aliphatic carbocycles. The summed E-state index contributed by atoms with van der Waals surface area (Å²) in [5, 5.41) is 2.12. The minimum atomic E-state index is -3.86. The molecular formula is C60H52N3O3P. The second-order valence-corrected chi connectivity index (χ2v) is 23.2. The molecule has 8 aromatic carbocycles. The van der Waals surface area contributed by atoms with Crippen LogP contribution in [0.3, 0.4) is 0 Å². The van der Waals surface area contributed by atoms with Crippen LogP contribution in [0.4, 0.5) is 51.2 Å². The first kappa shape index (κ1) is 40.3. The summed E-state index contributed by atoms with van der Waals surface area (Å²) in [5.74, 6) is 2.39. The topological polar surface area (TPSA) is 45.2 Å². The molecule has 0 amide bonds. The molecule has 0 fully saturated rings. The summed E-state index contributed by atoms with van der Waals surface area (Å²) in [6, 6.07) is 48.3. The third kappa shape index (κ3) is 5.25. The first-order chi connectivity index (χ1) is 32.0. The van der Waals surface area contributed by atoms with Crippen LogP contribution in [0, 0.1) is 41.5 Å². The van der Waals surface area contributed by atoms with Gasteiger partial charge in [-0.15, -0.1) is 0 Å². The Morgan fingerprint density at radius 3 is 1.06 bits per heavy atom. The monoisotopic (exact) mass is 893 g/mol. The smallest absolute Gasteiger partial charge is 0.190 e. The molecule has 7 heteroatoms. The summed E-state index contributed by atoms with van der Waals surface area (Å²) in [4.78, 5) is 7.09. The number of hydrogen-bond acceptors (Lipinski definition) is 6. The van der Waals surface area contributed by atoms with Gasteiger partial charge >= 0.3 is 0 Å². The average Bonchev–Trinajstić information content (AvgIpc) is 3.28. The third-order valence-corrected chi connectivity index (χ3v) is 18.4. The van der Waals surface area contributed by atoms with Crippen LogP contribution in [0.1, 0.15) is 83.3 Å². The van der Waals surface area contributed by atoms with Gasteiger partial charge in [0.05, 0.1) is 39.0 Å². The SMILES string of the molecule is Cc1ccc(N(c2ccc(C)cc2)c2cc3c4c5c2Oc2cc(C)cc6c2P5(=O)c2c(c(N(c5ccc(C)cc5)c5ccc(C)cc5)cc5c2N4c2c(cc(C)cc2C5(C)C)C3(C)C)O6)cc1. The highest BCUT2D eigenvalue weighted by molar-refractivity contribution is 7.87. The van der Waals surface area contributed by atoms with E-state index in [1.807, 2.05) is 0 Å². The van der Waals surface area contributed by atoms with E-state index in [2.05, 4.69) is 217 Å². The van der Waals surface area contributed by atoms with Crippen LogP contribution >= 0.6 is 7.14 Å². The van der Waals surface area contributed by atoms with Gasteiger partial charge in [0.15, 0.2) is 18.6 Å². The quantitative estimate of drug-likeness (QED) is 0.155. The molecule has 0 unspecified atom stereocenters. The molecule has 5 aliphatic rings. The van der Waals surface area contributed by atoms with Crippen molar-refractivity contribution in [2.75, 3.05) is 14.7 Å². The molecule has 6 nitrogen and oxygen atoms in total. The van der Waals surface area contributed by atoms with Gasteiger partial charge in [-0.25, -0.2) is 0 Å². The zero-order valence-electron chi connectivity index (χ0n) is 39.7. The molecule has 0 atom stereocenters. The summed E-state index contributed by atoms with van der Waals surface area (Å²) in [6.45, 7) is 22.2. The maximum Gasteiger partial charge on any atom is 0.190 e. The Morgan fingerprint density at radius 2 is 0.716 bits per heavy atom. The average molecular weight is 894 g/mol. The van der Waals surface area contributed by atoms with Crippen molar-refractivity contribution < 1.29 is 14.0 Å². The zero-order valence-corrected chi connectivity index (χ0v) is 40.6. The van der Waals surface area contributed by atoms with Crippen LogP contribution in [0.15, 0.2) is 133 Å². The fraction of sp³-hybridized carbons (Fsp3) is 0.200. The molecule has 0 spiro atoms. The van der Waals surface area contributed by atoms with Crippen molar-refractivity contribution in [2.24, 2.45) is 0 Å².